The zero-order valence-electron chi connectivity index (χ0n) is 6.39. The minimum atomic E-state index is 0.971. The van der Waals surface area contributed by atoms with Crippen molar-refractivity contribution < 1.29 is 0 Å². The van der Waals surface area contributed by atoms with E-state index in [4.69, 9.17) is 0 Å². The van der Waals surface area contributed by atoms with E-state index < -0.39 is 0 Å². The van der Waals surface area contributed by atoms with Gasteiger partial charge in [-0.05, 0) is 13.0 Å². The summed E-state index contributed by atoms with van der Waals surface area (Å²) in [5.41, 5.74) is 6.44. The van der Waals surface area contributed by atoms with Gasteiger partial charge in [-0.15, -0.1) is 0 Å². The molecule has 0 atom stereocenters. The third-order valence-corrected chi connectivity index (χ3v) is 0.946. The van der Waals surface area contributed by atoms with Crippen molar-refractivity contribution in [1.82, 2.24) is 10.9 Å². The molecule has 0 heterocycles. The standard InChI is InChI=1S/C7H13N3/c1-4-9-10-6-5-7(2)8-3/h4-6,9-10H,1H2,2-3H3. The second kappa shape index (κ2) is 5.88. The van der Waals surface area contributed by atoms with Crippen molar-refractivity contribution in [1.29, 1.82) is 0 Å². The summed E-state index contributed by atoms with van der Waals surface area (Å²) in [5, 5.41) is 0. The molecule has 0 saturated carbocycles. The summed E-state index contributed by atoms with van der Waals surface area (Å²) in [4.78, 5) is 3.92. The van der Waals surface area contributed by atoms with E-state index in [-0.39, 0.29) is 0 Å². The van der Waals surface area contributed by atoms with E-state index in [0.717, 1.165) is 5.71 Å². The van der Waals surface area contributed by atoms with Gasteiger partial charge in [0.05, 0.1) is 0 Å². The molecule has 0 saturated heterocycles. The summed E-state index contributed by atoms with van der Waals surface area (Å²) in [6.45, 7) is 5.38. The molecule has 2 N–H and O–H groups in total. The maximum absolute atomic E-state index is 3.92. The molecule has 0 rings (SSSR count). The third-order valence-electron chi connectivity index (χ3n) is 0.946. The molecule has 56 valence electrons. The maximum Gasteiger partial charge on any atom is 0.0328 e. The topological polar surface area (TPSA) is 36.4 Å². The minimum absolute atomic E-state index is 0.971. The average Bonchev–Trinajstić information content (AvgIpc) is 1.98. The molecule has 3 nitrogen and oxygen atoms in total. The molecule has 0 fully saturated rings. The van der Waals surface area contributed by atoms with Crippen molar-refractivity contribution in [2.24, 2.45) is 4.99 Å². The van der Waals surface area contributed by atoms with Gasteiger partial charge in [-0.2, -0.15) is 0 Å². The Morgan fingerprint density at radius 1 is 1.50 bits per heavy atom. The molecule has 0 bridgehead atoms. The number of aliphatic imine (C=N–C) groups is 1. The summed E-state index contributed by atoms with van der Waals surface area (Å²) >= 11 is 0. The highest BCUT2D eigenvalue weighted by atomic mass is 15.3. The van der Waals surface area contributed by atoms with Crippen LogP contribution in [0.5, 0.6) is 0 Å². The van der Waals surface area contributed by atoms with E-state index in [0.29, 0.717) is 0 Å². The van der Waals surface area contributed by atoms with Crippen molar-refractivity contribution >= 4 is 5.71 Å². The molecule has 0 aromatic heterocycles. The van der Waals surface area contributed by atoms with E-state index in [1.54, 1.807) is 19.4 Å². The Balaban J connectivity index is 3.45. The normalized spacial score (nSPS) is 11.6. The number of nitrogens with zero attached hydrogens (tertiary/aromatic N) is 1. The van der Waals surface area contributed by atoms with Gasteiger partial charge in [0.25, 0.3) is 0 Å². The van der Waals surface area contributed by atoms with Gasteiger partial charge in [-0.1, -0.05) is 6.58 Å². The highest BCUT2D eigenvalue weighted by molar-refractivity contribution is 5.92. The fourth-order valence-electron chi connectivity index (χ4n) is 0.344. The molecular weight excluding hydrogens is 126 g/mol. The molecule has 10 heavy (non-hydrogen) atoms. The predicted octanol–water partition coefficient (Wildman–Crippen LogP) is 0.829. The van der Waals surface area contributed by atoms with E-state index in [9.17, 15) is 0 Å². The van der Waals surface area contributed by atoms with Crippen LogP contribution in [0, 0.1) is 0 Å². The largest absolute Gasteiger partial charge is 0.309 e. The lowest BCUT2D eigenvalue weighted by Crippen LogP contribution is -2.19. The average molecular weight is 139 g/mol. The Morgan fingerprint density at radius 3 is 2.70 bits per heavy atom. The number of hydrogen-bond acceptors (Lipinski definition) is 3. The van der Waals surface area contributed by atoms with Gasteiger partial charge >= 0.3 is 0 Å². The maximum atomic E-state index is 3.92. The summed E-state index contributed by atoms with van der Waals surface area (Å²) in [6, 6.07) is 0. The van der Waals surface area contributed by atoms with Gasteiger partial charge in [0, 0.05) is 25.2 Å². The van der Waals surface area contributed by atoms with Gasteiger partial charge in [0.1, 0.15) is 0 Å². The monoisotopic (exact) mass is 139 g/mol. The van der Waals surface area contributed by atoms with E-state index >= 15 is 0 Å². The van der Waals surface area contributed by atoms with Crippen molar-refractivity contribution in [3.8, 4) is 0 Å². The SMILES string of the molecule is C=CNNC=CC(C)=NC. The van der Waals surface area contributed by atoms with Gasteiger partial charge < -0.3 is 10.9 Å². The molecule has 0 aromatic carbocycles. The second-order valence-electron chi connectivity index (χ2n) is 1.69. The Kier molecular flexibility index (Phi) is 5.14. The first-order valence-electron chi connectivity index (χ1n) is 3.03. The van der Waals surface area contributed by atoms with Crippen molar-refractivity contribution in [3.05, 3.63) is 25.1 Å². The number of allylic oxidation sites excluding steroid dienone is 1. The van der Waals surface area contributed by atoms with Gasteiger partial charge in [0.2, 0.25) is 0 Å². The van der Waals surface area contributed by atoms with E-state index in [1.165, 1.54) is 0 Å². The lowest BCUT2D eigenvalue weighted by Gasteiger charge is -1.95. The molecule has 0 aliphatic heterocycles. The highest BCUT2D eigenvalue weighted by Gasteiger charge is 1.75. The number of rotatable bonds is 4. The fourth-order valence-corrected chi connectivity index (χ4v) is 0.344. The van der Waals surface area contributed by atoms with Crippen LogP contribution in [0.25, 0.3) is 0 Å². The molecule has 0 unspecified atom stereocenters. The number of hydrogen-bond donors (Lipinski definition) is 2. The van der Waals surface area contributed by atoms with Crippen LogP contribution in [0.1, 0.15) is 6.92 Å². The zero-order valence-corrected chi connectivity index (χ0v) is 6.39. The van der Waals surface area contributed by atoms with Crippen LogP contribution < -0.4 is 10.9 Å². The number of hydrazine groups is 1. The summed E-state index contributed by atoms with van der Waals surface area (Å²) in [7, 11) is 1.75. The molecule has 0 radical (unpaired) electrons. The molecule has 3 heteroatoms. The second-order valence-corrected chi connectivity index (χ2v) is 1.69. The zero-order chi connectivity index (χ0) is 7.82. The van der Waals surface area contributed by atoms with Crippen molar-refractivity contribution in [3.63, 3.8) is 0 Å². The summed E-state index contributed by atoms with van der Waals surface area (Å²) < 4.78 is 0. The first-order valence-corrected chi connectivity index (χ1v) is 3.03. The van der Waals surface area contributed by atoms with Crippen LogP contribution in [0.15, 0.2) is 30.0 Å². The minimum Gasteiger partial charge on any atom is -0.309 e. The van der Waals surface area contributed by atoms with Crippen LogP contribution in [0.3, 0.4) is 0 Å². The summed E-state index contributed by atoms with van der Waals surface area (Å²) in [6.07, 6.45) is 5.17. The van der Waals surface area contributed by atoms with Crippen molar-refractivity contribution in [2.75, 3.05) is 7.05 Å². The predicted molar refractivity (Wildman–Crippen MR) is 44.6 cm³/mol. The van der Waals surface area contributed by atoms with Crippen LogP contribution in [-0.4, -0.2) is 12.8 Å². The molecular formula is C7H13N3. The number of nitrogens with one attached hydrogen (secondary N) is 2. The molecule has 0 aliphatic carbocycles. The lowest BCUT2D eigenvalue weighted by molar-refractivity contribution is 0.780. The molecule has 0 amide bonds. The fraction of sp³-hybridized carbons (Fsp3) is 0.286. The van der Waals surface area contributed by atoms with Crippen LogP contribution in [0.2, 0.25) is 0 Å². The van der Waals surface area contributed by atoms with Crippen LogP contribution >= 0.6 is 0 Å². The third kappa shape index (κ3) is 4.90. The first-order chi connectivity index (χ1) is 4.81. The quantitative estimate of drug-likeness (QED) is 0.344. The molecule has 0 aliphatic rings. The first kappa shape index (κ1) is 8.75. The molecule has 0 spiro atoms. The Morgan fingerprint density at radius 2 is 2.20 bits per heavy atom. The van der Waals surface area contributed by atoms with Crippen LogP contribution in [-0.2, 0) is 0 Å². The molecule has 0 aromatic rings. The van der Waals surface area contributed by atoms with Crippen LogP contribution in [0.4, 0.5) is 0 Å². The van der Waals surface area contributed by atoms with Gasteiger partial charge in [0.15, 0.2) is 0 Å². The Labute approximate surface area is 61.5 Å². The smallest absolute Gasteiger partial charge is 0.0328 e. The van der Waals surface area contributed by atoms with Gasteiger partial charge in [-0.3, -0.25) is 4.99 Å². The van der Waals surface area contributed by atoms with E-state index in [2.05, 4.69) is 22.4 Å². The summed E-state index contributed by atoms with van der Waals surface area (Å²) in [5.74, 6) is 0. The Bertz CT molecular complexity index is 147. The van der Waals surface area contributed by atoms with Crippen molar-refractivity contribution in [2.45, 2.75) is 6.92 Å². The lowest BCUT2D eigenvalue weighted by atomic mass is 10.4. The Hall–Kier alpha value is -1.25. The van der Waals surface area contributed by atoms with E-state index in [1.807, 2.05) is 13.0 Å². The van der Waals surface area contributed by atoms with Gasteiger partial charge in [-0.25, -0.2) is 0 Å². The highest BCUT2D eigenvalue weighted by Crippen LogP contribution is 1.74.